The van der Waals surface area contributed by atoms with E-state index in [0.717, 1.165) is 19.4 Å². The predicted octanol–water partition coefficient (Wildman–Crippen LogP) is 2.16. The Morgan fingerprint density at radius 2 is 2.36 bits per heavy atom. The van der Waals surface area contributed by atoms with Gasteiger partial charge in [0.05, 0.1) is 5.69 Å². The standard InChI is InChI=1S/C11H15BrN2/c1-14-9(7-13)6-5-8-3-2-4-10(12)11(8)14/h2-4,9H,5-7,13H2,1H3. The van der Waals surface area contributed by atoms with Gasteiger partial charge < -0.3 is 10.6 Å². The monoisotopic (exact) mass is 254 g/mol. The molecule has 1 aliphatic rings. The minimum Gasteiger partial charge on any atom is -0.369 e. The summed E-state index contributed by atoms with van der Waals surface area (Å²) in [6, 6.07) is 6.87. The summed E-state index contributed by atoms with van der Waals surface area (Å²) in [6.07, 6.45) is 2.30. The van der Waals surface area contributed by atoms with Gasteiger partial charge in [-0.05, 0) is 40.4 Å². The lowest BCUT2D eigenvalue weighted by Crippen LogP contribution is -2.41. The van der Waals surface area contributed by atoms with E-state index in [9.17, 15) is 0 Å². The molecule has 0 aromatic heterocycles. The van der Waals surface area contributed by atoms with Crippen LogP contribution in [0.3, 0.4) is 0 Å². The van der Waals surface area contributed by atoms with Crippen LogP contribution in [0.1, 0.15) is 12.0 Å². The summed E-state index contributed by atoms with van der Waals surface area (Å²) in [6.45, 7) is 0.733. The lowest BCUT2D eigenvalue weighted by Gasteiger charge is -2.36. The van der Waals surface area contributed by atoms with E-state index in [0.29, 0.717) is 6.04 Å². The van der Waals surface area contributed by atoms with Crippen LogP contribution in [0.4, 0.5) is 5.69 Å². The van der Waals surface area contributed by atoms with Crippen molar-refractivity contribution in [2.75, 3.05) is 18.5 Å². The molecule has 2 nitrogen and oxygen atoms in total. The van der Waals surface area contributed by atoms with Gasteiger partial charge in [0.2, 0.25) is 0 Å². The van der Waals surface area contributed by atoms with Crippen LogP contribution in [0.25, 0.3) is 0 Å². The van der Waals surface area contributed by atoms with Crippen LogP contribution in [0.5, 0.6) is 0 Å². The number of nitrogens with zero attached hydrogens (tertiary/aromatic N) is 1. The molecule has 0 fully saturated rings. The first-order chi connectivity index (χ1) is 6.74. The van der Waals surface area contributed by atoms with E-state index < -0.39 is 0 Å². The molecule has 1 aliphatic heterocycles. The van der Waals surface area contributed by atoms with Crippen molar-refractivity contribution < 1.29 is 0 Å². The van der Waals surface area contributed by atoms with Gasteiger partial charge in [0.1, 0.15) is 0 Å². The minimum atomic E-state index is 0.487. The fourth-order valence-electron chi connectivity index (χ4n) is 2.13. The average molecular weight is 255 g/mol. The van der Waals surface area contributed by atoms with Gasteiger partial charge in [-0.25, -0.2) is 0 Å². The van der Waals surface area contributed by atoms with Crippen LogP contribution in [0.15, 0.2) is 22.7 Å². The first-order valence-electron chi connectivity index (χ1n) is 4.94. The summed E-state index contributed by atoms with van der Waals surface area (Å²) >= 11 is 3.60. The molecular formula is C11H15BrN2. The predicted molar refractivity (Wildman–Crippen MR) is 63.7 cm³/mol. The number of hydrogen-bond acceptors (Lipinski definition) is 2. The summed E-state index contributed by atoms with van der Waals surface area (Å²) in [5, 5.41) is 0. The van der Waals surface area contributed by atoms with Crippen molar-refractivity contribution in [3.05, 3.63) is 28.2 Å². The highest BCUT2D eigenvalue weighted by Gasteiger charge is 2.23. The second-order valence-electron chi connectivity index (χ2n) is 3.79. The fraction of sp³-hybridized carbons (Fsp3) is 0.455. The van der Waals surface area contributed by atoms with Gasteiger partial charge in [-0.2, -0.15) is 0 Å². The third kappa shape index (κ3) is 1.55. The Kier molecular flexibility index (Phi) is 2.79. The van der Waals surface area contributed by atoms with Gasteiger partial charge >= 0.3 is 0 Å². The van der Waals surface area contributed by atoms with Crippen molar-refractivity contribution >= 4 is 21.6 Å². The molecule has 0 aliphatic carbocycles. The Balaban J connectivity index is 2.43. The van der Waals surface area contributed by atoms with Crippen LogP contribution < -0.4 is 10.6 Å². The molecule has 1 aromatic carbocycles. The maximum atomic E-state index is 5.74. The molecule has 0 amide bonds. The van der Waals surface area contributed by atoms with Crippen molar-refractivity contribution in [1.82, 2.24) is 0 Å². The molecule has 0 spiro atoms. The summed E-state index contributed by atoms with van der Waals surface area (Å²) in [5.74, 6) is 0. The van der Waals surface area contributed by atoms with Crippen molar-refractivity contribution in [3.63, 3.8) is 0 Å². The summed E-state index contributed by atoms with van der Waals surface area (Å²) in [4.78, 5) is 2.29. The first-order valence-corrected chi connectivity index (χ1v) is 5.73. The largest absolute Gasteiger partial charge is 0.369 e. The maximum Gasteiger partial charge on any atom is 0.0543 e. The Hall–Kier alpha value is -0.540. The van der Waals surface area contributed by atoms with E-state index in [1.807, 2.05) is 0 Å². The number of aryl methyl sites for hydroxylation is 1. The summed E-state index contributed by atoms with van der Waals surface area (Å²) < 4.78 is 1.18. The average Bonchev–Trinajstić information content (AvgIpc) is 2.18. The number of likely N-dealkylation sites (N-methyl/N-ethyl adjacent to an activating group) is 1. The van der Waals surface area contributed by atoms with Crippen LogP contribution in [0, 0.1) is 0 Å². The fourth-order valence-corrected chi connectivity index (χ4v) is 2.82. The molecule has 3 heteroatoms. The van der Waals surface area contributed by atoms with E-state index in [2.05, 4.69) is 46.1 Å². The molecule has 0 radical (unpaired) electrons. The normalized spacial score (nSPS) is 20.8. The van der Waals surface area contributed by atoms with Gasteiger partial charge in [-0.15, -0.1) is 0 Å². The van der Waals surface area contributed by atoms with Crippen LogP contribution in [-0.2, 0) is 6.42 Å². The molecule has 1 heterocycles. The number of para-hydroxylation sites is 1. The number of rotatable bonds is 1. The van der Waals surface area contributed by atoms with Gasteiger partial charge in [0.15, 0.2) is 0 Å². The number of anilines is 1. The van der Waals surface area contributed by atoms with Gasteiger partial charge in [-0.3, -0.25) is 0 Å². The SMILES string of the molecule is CN1c2c(Br)cccc2CCC1CN. The van der Waals surface area contributed by atoms with Gasteiger partial charge in [0.25, 0.3) is 0 Å². The van der Waals surface area contributed by atoms with E-state index in [4.69, 9.17) is 5.73 Å². The van der Waals surface area contributed by atoms with Crippen molar-refractivity contribution in [2.24, 2.45) is 5.73 Å². The number of nitrogens with two attached hydrogens (primary N) is 1. The van der Waals surface area contributed by atoms with E-state index in [1.165, 1.54) is 15.7 Å². The number of benzene rings is 1. The molecule has 14 heavy (non-hydrogen) atoms. The van der Waals surface area contributed by atoms with Crippen molar-refractivity contribution in [3.8, 4) is 0 Å². The zero-order valence-corrected chi connectivity index (χ0v) is 9.92. The molecule has 1 unspecified atom stereocenters. The lowest BCUT2D eigenvalue weighted by molar-refractivity contribution is 0.564. The molecule has 76 valence electrons. The second kappa shape index (κ2) is 3.91. The van der Waals surface area contributed by atoms with Crippen LogP contribution >= 0.6 is 15.9 Å². The third-order valence-electron chi connectivity index (χ3n) is 2.99. The molecule has 1 atom stereocenters. The first kappa shape index (κ1) is 9.99. The van der Waals surface area contributed by atoms with Crippen LogP contribution in [0.2, 0.25) is 0 Å². The maximum absolute atomic E-state index is 5.74. The third-order valence-corrected chi connectivity index (χ3v) is 3.63. The van der Waals surface area contributed by atoms with E-state index in [-0.39, 0.29) is 0 Å². The second-order valence-corrected chi connectivity index (χ2v) is 4.64. The summed E-state index contributed by atoms with van der Waals surface area (Å²) in [5.41, 5.74) is 8.48. The molecule has 1 aromatic rings. The Labute approximate surface area is 93.2 Å². The molecule has 0 saturated heterocycles. The zero-order valence-electron chi connectivity index (χ0n) is 8.33. The molecule has 2 N–H and O–H groups in total. The molecule has 0 bridgehead atoms. The van der Waals surface area contributed by atoms with E-state index in [1.54, 1.807) is 0 Å². The number of hydrogen-bond donors (Lipinski definition) is 1. The Morgan fingerprint density at radius 1 is 1.57 bits per heavy atom. The quantitative estimate of drug-likeness (QED) is 0.833. The van der Waals surface area contributed by atoms with Crippen molar-refractivity contribution in [1.29, 1.82) is 0 Å². The molecule has 2 rings (SSSR count). The highest BCUT2D eigenvalue weighted by molar-refractivity contribution is 9.10. The number of fused-ring (bicyclic) bond motifs is 1. The van der Waals surface area contributed by atoms with E-state index >= 15 is 0 Å². The Morgan fingerprint density at radius 3 is 3.07 bits per heavy atom. The smallest absolute Gasteiger partial charge is 0.0543 e. The Bertz CT molecular complexity index is 338. The van der Waals surface area contributed by atoms with Gasteiger partial charge in [0, 0.05) is 24.1 Å². The van der Waals surface area contributed by atoms with Crippen LogP contribution in [-0.4, -0.2) is 19.6 Å². The highest BCUT2D eigenvalue weighted by atomic mass is 79.9. The molecular weight excluding hydrogens is 240 g/mol. The summed E-state index contributed by atoms with van der Waals surface area (Å²) in [7, 11) is 2.13. The zero-order chi connectivity index (χ0) is 10.1. The van der Waals surface area contributed by atoms with Crippen molar-refractivity contribution in [2.45, 2.75) is 18.9 Å². The highest BCUT2D eigenvalue weighted by Crippen LogP contribution is 2.35. The lowest BCUT2D eigenvalue weighted by atomic mass is 9.96. The minimum absolute atomic E-state index is 0.487. The van der Waals surface area contributed by atoms with Gasteiger partial charge in [-0.1, -0.05) is 12.1 Å². The number of halogens is 1. The topological polar surface area (TPSA) is 29.3 Å². The molecule has 0 saturated carbocycles.